The van der Waals surface area contributed by atoms with Gasteiger partial charge in [0.05, 0.1) is 7.11 Å². The first-order valence-electron chi connectivity index (χ1n) is 7.90. The van der Waals surface area contributed by atoms with Crippen LogP contribution in [0.1, 0.15) is 42.4 Å². The van der Waals surface area contributed by atoms with Crippen molar-refractivity contribution in [3.63, 3.8) is 0 Å². The minimum atomic E-state index is 0.0930. The van der Waals surface area contributed by atoms with Gasteiger partial charge < -0.3 is 14.6 Å². The number of methoxy groups -OCH3 is 1. The highest BCUT2D eigenvalue weighted by molar-refractivity contribution is 5.45. The molecule has 1 aliphatic heterocycles. The second-order valence-corrected chi connectivity index (χ2v) is 6.23. The van der Waals surface area contributed by atoms with Crippen LogP contribution < -0.4 is 9.47 Å². The van der Waals surface area contributed by atoms with E-state index in [1.807, 2.05) is 24.3 Å². The van der Waals surface area contributed by atoms with Crippen LogP contribution in [-0.4, -0.2) is 12.2 Å². The van der Waals surface area contributed by atoms with Gasteiger partial charge in [-0.15, -0.1) is 0 Å². The van der Waals surface area contributed by atoms with Crippen molar-refractivity contribution in [2.75, 3.05) is 7.11 Å². The summed E-state index contributed by atoms with van der Waals surface area (Å²) < 4.78 is 11.6. The SMILES string of the molecule is COc1ccc([C@@H]2Oc3ccc(O)cc3[C@H]3CCC[C@H]32)cc1. The second kappa shape index (κ2) is 5.24. The summed E-state index contributed by atoms with van der Waals surface area (Å²) in [6.07, 6.45) is 3.67. The Kier molecular flexibility index (Phi) is 3.21. The summed E-state index contributed by atoms with van der Waals surface area (Å²) in [6.45, 7) is 0. The zero-order valence-corrected chi connectivity index (χ0v) is 12.7. The number of phenols is 1. The monoisotopic (exact) mass is 296 g/mol. The van der Waals surface area contributed by atoms with Gasteiger partial charge in [-0.05, 0) is 54.7 Å². The molecule has 1 saturated carbocycles. The van der Waals surface area contributed by atoms with Crippen molar-refractivity contribution < 1.29 is 14.6 Å². The van der Waals surface area contributed by atoms with Gasteiger partial charge in [0.25, 0.3) is 0 Å². The average Bonchev–Trinajstić information content (AvgIpc) is 3.04. The van der Waals surface area contributed by atoms with E-state index in [9.17, 15) is 5.11 Å². The number of hydrogen-bond donors (Lipinski definition) is 1. The van der Waals surface area contributed by atoms with Gasteiger partial charge in [0.2, 0.25) is 0 Å². The predicted molar refractivity (Wildman–Crippen MR) is 84.6 cm³/mol. The van der Waals surface area contributed by atoms with E-state index in [0.717, 1.165) is 11.5 Å². The van der Waals surface area contributed by atoms with Crippen LogP contribution in [0.5, 0.6) is 17.2 Å². The molecular weight excluding hydrogens is 276 g/mol. The molecule has 0 aromatic heterocycles. The van der Waals surface area contributed by atoms with Crippen LogP contribution in [0.15, 0.2) is 42.5 Å². The van der Waals surface area contributed by atoms with Gasteiger partial charge in [0, 0.05) is 11.5 Å². The molecule has 4 rings (SSSR count). The summed E-state index contributed by atoms with van der Waals surface area (Å²) in [7, 11) is 1.68. The summed E-state index contributed by atoms with van der Waals surface area (Å²) in [4.78, 5) is 0. The summed E-state index contributed by atoms with van der Waals surface area (Å²) in [5, 5.41) is 9.78. The molecule has 0 bridgehead atoms. The Bertz CT molecular complexity index is 678. The maximum atomic E-state index is 9.78. The van der Waals surface area contributed by atoms with Crippen LogP contribution in [0.3, 0.4) is 0 Å². The number of ether oxygens (including phenoxy) is 2. The van der Waals surface area contributed by atoms with Crippen molar-refractivity contribution in [1.82, 2.24) is 0 Å². The molecule has 22 heavy (non-hydrogen) atoms. The molecule has 3 atom stereocenters. The third-order valence-corrected chi connectivity index (χ3v) is 5.05. The van der Waals surface area contributed by atoms with Crippen LogP contribution in [0.4, 0.5) is 0 Å². The summed E-state index contributed by atoms with van der Waals surface area (Å²) in [6, 6.07) is 13.7. The molecule has 114 valence electrons. The Morgan fingerprint density at radius 2 is 1.91 bits per heavy atom. The van der Waals surface area contributed by atoms with Gasteiger partial charge in [0.1, 0.15) is 23.4 Å². The first kappa shape index (κ1) is 13.5. The van der Waals surface area contributed by atoms with E-state index in [-0.39, 0.29) is 6.10 Å². The first-order chi connectivity index (χ1) is 10.8. The van der Waals surface area contributed by atoms with Gasteiger partial charge in [-0.3, -0.25) is 0 Å². The molecule has 0 unspecified atom stereocenters. The van der Waals surface area contributed by atoms with Gasteiger partial charge in [-0.1, -0.05) is 18.6 Å². The van der Waals surface area contributed by atoms with E-state index in [4.69, 9.17) is 9.47 Å². The summed E-state index contributed by atoms with van der Waals surface area (Å²) in [5.41, 5.74) is 2.38. The van der Waals surface area contributed by atoms with Crippen molar-refractivity contribution in [1.29, 1.82) is 0 Å². The number of benzene rings is 2. The lowest BCUT2D eigenvalue weighted by molar-refractivity contribution is 0.104. The number of rotatable bonds is 2. The molecule has 3 heteroatoms. The Morgan fingerprint density at radius 3 is 2.68 bits per heavy atom. The molecule has 2 aliphatic rings. The fraction of sp³-hybridized carbons (Fsp3) is 0.368. The van der Waals surface area contributed by atoms with Crippen LogP contribution >= 0.6 is 0 Å². The first-order valence-corrected chi connectivity index (χ1v) is 7.90. The zero-order valence-electron chi connectivity index (χ0n) is 12.7. The van der Waals surface area contributed by atoms with Crippen molar-refractivity contribution in [2.45, 2.75) is 31.3 Å². The highest BCUT2D eigenvalue weighted by Gasteiger charge is 2.41. The average molecular weight is 296 g/mol. The Morgan fingerprint density at radius 1 is 1.09 bits per heavy atom. The van der Waals surface area contributed by atoms with E-state index in [1.165, 1.54) is 30.4 Å². The molecular formula is C19H20O3. The smallest absolute Gasteiger partial charge is 0.127 e. The van der Waals surface area contributed by atoms with Crippen molar-refractivity contribution in [3.8, 4) is 17.2 Å². The van der Waals surface area contributed by atoms with Crippen molar-refractivity contribution in [3.05, 3.63) is 53.6 Å². The number of fused-ring (bicyclic) bond motifs is 3. The van der Waals surface area contributed by atoms with Crippen molar-refractivity contribution >= 4 is 0 Å². The molecule has 2 aromatic rings. The lowest BCUT2D eigenvalue weighted by Crippen LogP contribution is -2.26. The standard InChI is InChI=1S/C19H20O3/c1-21-14-8-5-12(6-9-14)19-16-4-2-3-15(16)17-11-13(20)7-10-18(17)22-19/h5-11,15-16,19-20H,2-4H2,1H3/t15-,16+,19-/m0/s1. The normalized spacial score (nSPS) is 26.0. The highest BCUT2D eigenvalue weighted by atomic mass is 16.5. The van der Waals surface area contributed by atoms with Crippen LogP contribution in [-0.2, 0) is 0 Å². The van der Waals surface area contributed by atoms with Gasteiger partial charge in [-0.2, -0.15) is 0 Å². The highest BCUT2D eigenvalue weighted by Crippen LogP contribution is 2.54. The molecule has 0 saturated heterocycles. The largest absolute Gasteiger partial charge is 0.508 e. The maximum Gasteiger partial charge on any atom is 0.127 e. The Hall–Kier alpha value is -2.16. The molecule has 1 fully saturated rings. The minimum absolute atomic E-state index is 0.0930. The van der Waals surface area contributed by atoms with E-state index >= 15 is 0 Å². The molecule has 3 nitrogen and oxygen atoms in total. The lowest BCUT2D eigenvalue weighted by atomic mass is 9.80. The quantitative estimate of drug-likeness (QED) is 0.891. The molecule has 1 aliphatic carbocycles. The molecule has 1 heterocycles. The van der Waals surface area contributed by atoms with Crippen LogP contribution in [0.2, 0.25) is 0 Å². The van der Waals surface area contributed by atoms with E-state index in [2.05, 4.69) is 12.1 Å². The molecule has 1 N–H and O–H groups in total. The molecule has 0 amide bonds. The maximum absolute atomic E-state index is 9.78. The topological polar surface area (TPSA) is 38.7 Å². The molecule has 2 aromatic carbocycles. The number of phenolic OH excluding ortho intramolecular Hbond substituents is 1. The van der Waals surface area contributed by atoms with Gasteiger partial charge in [-0.25, -0.2) is 0 Å². The predicted octanol–water partition coefficient (Wildman–Crippen LogP) is 4.42. The molecule has 0 spiro atoms. The fourth-order valence-electron chi connectivity index (χ4n) is 4.00. The third-order valence-electron chi connectivity index (χ3n) is 5.05. The Labute approximate surface area is 130 Å². The number of hydrogen-bond acceptors (Lipinski definition) is 3. The zero-order chi connectivity index (χ0) is 15.1. The number of aromatic hydroxyl groups is 1. The third kappa shape index (κ3) is 2.12. The minimum Gasteiger partial charge on any atom is -0.508 e. The van der Waals surface area contributed by atoms with E-state index in [0.29, 0.717) is 17.6 Å². The van der Waals surface area contributed by atoms with Crippen LogP contribution in [0, 0.1) is 5.92 Å². The molecule has 0 radical (unpaired) electrons. The fourth-order valence-corrected chi connectivity index (χ4v) is 4.00. The van der Waals surface area contributed by atoms with Crippen LogP contribution in [0.25, 0.3) is 0 Å². The van der Waals surface area contributed by atoms with E-state index < -0.39 is 0 Å². The van der Waals surface area contributed by atoms with Gasteiger partial charge in [0.15, 0.2) is 0 Å². The van der Waals surface area contributed by atoms with Crippen molar-refractivity contribution in [2.24, 2.45) is 5.92 Å². The lowest BCUT2D eigenvalue weighted by Gasteiger charge is -2.36. The summed E-state index contributed by atoms with van der Waals surface area (Å²) >= 11 is 0. The second-order valence-electron chi connectivity index (χ2n) is 6.23. The van der Waals surface area contributed by atoms with E-state index in [1.54, 1.807) is 13.2 Å². The van der Waals surface area contributed by atoms with Gasteiger partial charge >= 0.3 is 0 Å². The Balaban J connectivity index is 1.73. The summed E-state index contributed by atoms with van der Waals surface area (Å²) in [5.74, 6) is 3.09.